The van der Waals surface area contributed by atoms with E-state index in [9.17, 15) is 0 Å². The molecule has 0 bridgehead atoms. The summed E-state index contributed by atoms with van der Waals surface area (Å²) in [5.41, 5.74) is 12.1. The van der Waals surface area contributed by atoms with Gasteiger partial charge in [0.15, 0.2) is 5.05 Å². The first kappa shape index (κ1) is 24.0. The zero-order valence-electron chi connectivity index (χ0n) is 19.8. The summed E-state index contributed by atoms with van der Waals surface area (Å²) in [6.07, 6.45) is 2.50. The lowest BCUT2D eigenvalue weighted by molar-refractivity contribution is 0.301. The molecule has 0 saturated heterocycles. The molecule has 5 heteroatoms. The Labute approximate surface area is 206 Å². The lowest BCUT2D eigenvalue weighted by Crippen LogP contribution is -2.07. The van der Waals surface area contributed by atoms with Crippen molar-refractivity contribution < 1.29 is 13.9 Å². The Bertz CT molecular complexity index is 1280. The van der Waals surface area contributed by atoms with Crippen LogP contribution in [0.15, 0.2) is 71.1 Å². The molecule has 0 radical (unpaired) electrons. The summed E-state index contributed by atoms with van der Waals surface area (Å²) >= 11 is 5.34. The first-order chi connectivity index (χ1) is 16.6. The fourth-order valence-electron chi connectivity index (χ4n) is 4.12. The number of fused-ring (bicyclic) bond motifs is 1. The van der Waals surface area contributed by atoms with E-state index >= 15 is 0 Å². The van der Waals surface area contributed by atoms with Crippen LogP contribution in [0.5, 0.6) is 5.75 Å². The molecule has 176 valence electrons. The summed E-state index contributed by atoms with van der Waals surface area (Å²) in [5.74, 6) is 1.82. The first-order valence-corrected chi connectivity index (χ1v) is 12.2. The molecule has 2 N–H and O–H groups in total. The topological polar surface area (TPSA) is 57.6 Å². The second-order valence-electron chi connectivity index (χ2n) is 8.31. The van der Waals surface area contributed by atoms with Gasteiger partial charge in [-0.25, -0.2) is 0 Å². The van der Waals surface area contributed by atoms with E-state index in [1.165, 1.54) is 0 Å². The third-order valence-electron chi connectivity index (χ3n) is 5.70. The van der Waals surface area contributed by atoms with Crippen molar-refractivity contribution in [3.8, 4) is 16.9 Å². The van der Waals surface area contributed by atoms with Crippen molar-refractivity contribution in [2.75, 3.05) is 6.61 Å². The summed E-state index contributed by atoms with van der Waals surface area (Å²) in [6.45, 7) is 5.60. The van der Waals surface area contributed by atoms with Crippen LogP contribution >= 0.6 is 12.2 Å². The average molecular weight is 474 g/mol. The molecular weight excluding hydrogens is 442 g/mol. The summed E-state index contributed by atoms with van der Waals surface area (Å²) in [5, 5.41) is 1.66. The van der Waals surface area contributed by atoms with Gasteiger partial charge in [0.25, 0.3) is 0 Å². The van der Waals surface area contributed by atoms with Crippen LogP contribution < -0.4 is 10.5 Å². The highest BCUT2D eigenvalue weighted by atomic mass is 32.1. The van der Waals surface area contributed by atoms with E-state index in [0.717, 1.165) is 63.1 Å². The van der Waals surface area contributed by atoms with Gasteiger partial charge in [-0.15, -0.1) is 0 Å². The van der Waals surface area contributed by atoms with Crippen LogP contribution in [0.4, 0.5) is 0 Å². The SMILES string of the molecule is CCCc1cc2cc(COc3ccccc3CC(=S)OCC)cc(-c3cccc(CN)c3)c2o1. The fourth-order valence-corrected chi connectivity index (χ4v) is 4.39. The molecule has 4 rings (SSSR count). The third-order valence-corrected chi connectivity index (χ3v) is 5.97. The summed E-state index contributed by atoms with van der Waals surface area (Å²) in [6, 6.07) is 22.7. The number of thiocarbonyl (C=S) groups is 1. The maximum Gasteiger partial charge on any atom is 0.164 e. The minimum atomic E-state index is 0.437. The maximum atomic E-state index is 6.28. The number of para-hydroxylation sites is 1. The van der Waals surface area contributed by atoms with E-state index in [2.05, 4.69) is 37.3 Å². The van der Waals surface area contributed by atoms with Crippen molar-refractivity contribution in [1.82, 2.24) is 0 Å². The van der Waals surface area contributed by atoms with Gasteiger partial charge < -0.3 is 19.6 Å². The second kappa shape index (κ2) is 11.3. The van der Waals surface area contributed by atoms with Crippen molar-refractivity contribution in [3.63, 3.8) is 0 Å². The van der Waals surface area contributed by atoms with Crippen LogP contribution in [0, 0.1) is 0 Å². The molecule has 0 saturated carbocycles. The minimum absolute atomic E-state index is 0.437. The van der Waals surface area contributed by atoms with Crippen molar-refractivity contribution in [3.05, 3.63) is 89.2 Å². The Morgan fingerprint density at radius 2 is 1.82 bits per heavy atom. The molecular formula is C29H31NO3S. The number of benzene rings is 3. The quantitative estimate of drug-likeness (QED) is 0.251. The highest BCUT2D eigenvalue weighted by molar-refractivity contribution is 7.80. The van der Waals surface area contributed by atoms with E-state index in [-0.39, 0.29) is 0 Å². The minimum Gasteiger partial charge on any atom is -0.489 e. The molecule has 0 spiro atoms. The first-order valence-electron chi connectivity index (χ1n) is 11.8. The molecule has 1 aromatic heterocycles. The molecule has 3 aromatic carbocycles. The molecule has 4 nitrogen and oxygen atoms in total. The molecule has 0 atom stereocenters. The monoisotopic (exact) mass is 473 g/mol. The van der Waals surface area contributed by atoms with Crippen LogP contribution in [-0.4, -0.2) is 11.7 Å². The van der Waals surface area contributed by atoms with Gasteiger partial charge in [-0.3, -0.25) is 0 Å². The Kier molecular flexibility index (Phi) is 7.99. The van der Waals surface area contributed by atoms with Crippen LogP contribution in [0.3, 0.4) is 0 Å². The molecule has 4 aromatic rings. The molecule has 34 heavy (non-hydrogen) atoms. The number of aryl methyl sites for hydroxylation is 1. The third kappa shape index (κ3) is 5.66. The van der Waals surface area contributed by atoms with Crippen LogP contribution in [0.2, 0.25) is 0 Å². The van der Waals surface area contributed by atoms with Gasteiger partial charge in [-0.1, -0.05) is 43.3 Å². The summed E-state index contributed by atoms with van der Waals surface area (Å²) < 4.78 is 18.0. The molecule has 0 aliphatic heterocycles. The Morgan fingerprint density at radius 1 is 0.971 bits per heavy atom. The van der Waals surface area contributed by atoms with Gasteiger partial charge in [0.1, 0.15) is 23.7 Å². The smallest absolute Gasteiger partial charge is 0.164 e. The van der Waals surface area contributed by atoms with Crippen LogP contribution in [0.25, 0.3) is 22.1 Å². The van der Waals surface area contributed by atoms with Crippen molar-refractivity contribution in [1.29, 1.82) is 0 Å². The Morgan fingerprint density at radius 3 is 2.62 bits per heavy atom. The van der Waals surface area contributed by atoms with Crippen LogP contribution in [0.1, 0.15) is 42.7 Å². The number of hydrogen-bond acceptors (Lipinski definition) is 5. The van der Waals surface area contributed by atoms with Gasteiger partial charge in [0, 0.05) is 35.9 Å². The van der Waals surface area contributed by atoms with Crippen molar-refractivity contribution in [2.24, 2.45) is 5.73 Å². The second-order valence-corrected chi connectivity index (χ2v) is 8.76. The summed E-state index contributed by atoms with van der Waals surface area (Å²) in [4.78, 5) is 0. The van der Waals surface area contributed by atoms with E-state index in [0.29, 0.717) is 31.2 Å². The van der Waals surface area contributed by atoms with Crippen LogP contribution in [-0.2, 0) is 30.7 Å². The average Bonchev–Trinajstić information content (AvgIpc) is 3.26. The fraction of sp³-hybridized carbons (Fsp3) is 0.276. The molecule has 0 aliphatic rings. The Balaban J connectivity index is 1.67. The van der Waals surface area contributed by atoms with E-state index in [4.69, 9.17) is 31.8 Å². The van der Waals surface area contributed by atoms with Crippen molar-refractivity contribution in [2.45, 2.75) is 46.3 Å². The number of furan rings is 1. The van der Waals surface area contributed by atoms with E-state index in [1.807, 2.05) is 43.3 Å². The van der Waals surface area contributed by atoms with E-state index < -0.39 is 0 Å². The predicted octanol–water partition coefficient (Wildman–Crippen LogP) is 7.00. The Hall–Kier alpha value is -3.15. The summed E-state index contributed by atoms with van der Waals surface area (Å²) in [7, 11) is 0. The number of rotatable bonds is 10. The lowest BCUT2D eigenvalue weighted by Gasteiger charge is -2.13. The largest absolute Gasteiger partial charge is 0.489 e. The zero-order valence-corrected chi connectivity index (χ0v) is 20.6. The highest BCUT2D eigenvalue weighted by Gasteiger charge is 2.14. The molecule has 0 unspecified atom stereocenters. The van der Waals surface area contributed by atoms with E-state index in [1.54, 1.807) is 0 Å². The number of nitrogens with two attached hydrogens (primary N) is 1. The van der Waals surface area contributed by atoms with Gasteiger partial charge in [0.2, 0.25) is 0 Å². The molecule has 0 amide bonds. The van der Waals surface area contributed by atoms with Gasteiger partial charge in [-0.05, 0) is 72.6 Å². The predicted molar refractivity (Wildman–Crippen MR) is 142 cm³/mol. The molecule has 0 fully saturated rings. The van der Waals surface area contributed by atoms with Crippen molar-refractivity contribution >= 4 is 28.2 Å². The standard InChI is InChI=1S/C29H31NO3S/c1-3-8-25-16-24-14-21(15-26(29(24)33-25)22-11-7-9-20(13-22)18-30)19-32-27-12-6-5-10-23(27)17-28(34)31-4-2/h5-7,9-16H,3-4,8,17-19,30H2,1-2H3. The molecule has 1 heterocycles. The number of ether oxygens (including phenoxy) is 2. The van der Waals surface area contributed by atoms with Gasteiger partial charge >= 0.3 is 0 Å². The maximum absolute atomic E-state index is 6.28. The van der Waals surface area contributed by atoms with Gasteiger partial charge in [-0.2, -0.15) is 0 Å². The highest BCUT2D eigenvalue weighted by Crippen LogP contribution is 2.34. The number of hydrogen-bond donors (Lipinski definition) is 1. The van der Waals surface area contributed by atoms with Gasteiger partial charge in [0.05, 0.1) is 6.61 Å². The normalized spacial score (nSPS) is 11.0. The lowest BCUT2D eigenvalue weighted by atomic mass is 9.99. The molecule has 0 aliphatic carbocycles. The zero-order chi connectivity index (χ0) is 23.9.